The zero-order valence-electron chi connectivity index (χ0n) is 12.4. The van der Waals surface area contributed by atoms with Gasteiger partial charge >= 0.3 is 5.97 Å². The standard InChI is InChI=1S/C16H24O3/c1-11-10-12(15(2,3)4)6-7-13(11)16(5,8-9-17)14(18)19/h6-7,10,17H,8-9H2,1-5H3,(H,18,19). The van der Waals surface area contributed by atoms with E-state index in [1.807, 2.05) is 25.1 Å². The van der Waals surface area contributed by atoms with Crippen LogP contribution in [-0.4, -0.2) is 22.8 Å². The number of aliphatic hydroxyl groups is 1. The van der Waals surface area contributed by atoms with E-state index >= 15 is 0 Å². The van der Waals surface area contributed by atoms with Gasteiger partial charge in [-0.15, -0.1) is 0 Å². The van der Waals surface area contributed by atoms with Gasteiger partial charge in [0.25, 0.3) is 0 Å². The van der Waals surface area contributed by atoms with Crippen molar-refractivity contribution in [2.45, 2.75) is 51.9 Å². The van der Waals surface area contributed by atoms with Crippen molar-refractivity contribution in [1.82, 2.24) is 0 Å². The average Bonchev–Trinajstić information content (AvgIpc) is 2.27. The van der Waals surface area contributed by atoms with Crippen molar-refractivity contribution >= 4 is 5.97 Å². The van der Waals surface area contributed by atoms with Gasteiger partial charge in [-0.3, -0.25) is 4.79 Å². The first-order valence-electron chi connectivity index (χ1n) is 6.59. The van der Waals surface area contributed by atoms with Crippen molar-refractivity contribution in [2.75, 3.05) is 6.61 Å². The lowest BCUT2D eigenvalue weighted by Gasteiger charge is -2.28. The third kappa shape index (κ3) is 3.16. The Morgan fingerprint density at radius 1 is 1.21 bits per heavy atom. The molecule has 3 heteroatoms. The Kier molecular flexibility index (Phi) is 4.41. The van der Waals surface area contributed by atoms with Gasteiger partial charge in [0.05, 0.1) is 5.41 Å². The molecule has 3 nitrogen and oxygen atoms in total. The Labute approximate surface area is 115 Å². The van der Waals surface area contributed by atoms with Gasteiger partial charge in [-0.2, -0.15) is 0 Å². The van der Waals surface area contributed by atoms with E-state index in [2.05, 4.69) is 20.8 Å². The van der Waals surface area contributed by atoms with Crippen LogP contribution < -0.4 is 0 Å². The SMILES string of the molecule is Cc1cc(C(C)(C)C)ccc1C(C)(CCO)C(=O)O. The van der Waals surface area contributed by atoms with Crippen LogP contribution in [0.3, 0.4) is 0 Å². The molecule has 1 rings (SSSR count). The molecule has 0 saturated carbocycles. The van der Waals surface area contributed by atoms with E-state index in [0.29, 0.717) is 0 Å². The van der Waals surface area contributed by atoms with E-state index in [0.717, 1.165) is 11.1 Å². The highest BCUT2D eigenvalue weighted by atomic mass is 16.4. The number of aliphatic carboxylic acids is 1. The van der Waals surface area contributed by atoms with Crippen LogP contribution in [0.1, 0.15) is 50.8 Å². The van der Waals surface area contributed by atoms with E-state index < -0.39 is 11.4 Å². The van der Waals surface area contributed by atoms with E-state index in [-0.39, 0.29) is 18.4 Å². The fraction of sp³-hybridized carbons (Fsp3) is 0.562. The summed E-state index contributed by atoms with van der Waals surface area (Å²) in [6.07, 6.45) is 0.220. The first kappa shape index (κ1) is 15.7. The number of carbonyl (C=O) groups is 1. The summed E-state index contributed by atoms with van der Waals surface area (Å²) in [5, 5.41) is 18.6. The van der Waals surface area contributed by atoms with Crippen LogP contribution in [0.25, 0.3) is 0 Å². The molecular formula is C16H24O3. The summed E-state index contributed by atoms with van der Waals surface area (Å²) in [5.74, 6) is -0.895. The van der Waals surface area contributed by atoms with Gasteiger partial charge in [-0.25, -0.2) is 0 Å². The lowest BCUT2D eigenvalue weighted by Crippen LogP contribution is -2.34. The number of hydrogen-bond acceptors (Lipinski definition) is 2. The lowest BCUT2D eigenvalue weighted by molar-refractivity contribution is -0.143. The Morgan fingerprint density at radius 3 is 2.16 bits per heavy atom. The lowest BCUT2D eigenvalue weighted by atomic mass is 9.75. The molecule has 0 aromatic heterocycles. The van der Waals surface area contributed by atoms with Crippen molar-refractivity contribution in [1.29, 1.82) is 0 Å². The molecule has 1 atom stereocenters. The number of rotatable bonds is 4. The zero-order chi connectivity index (χ0) is 14.8. The van der Waals surface area contributed by atoms with Crippen molar-refractivity contribution in [3.8, 4) is 0 Å². The molecule has 0 radical (unpaired) electrons. The van der Waals surface area contributed by atoms with Crippen LogP contribution >= 0.6 is 0 Å². The molecule has 0 heterocycles. The number of hydrogen-bond donors (Lipinski definition) is 2. The van der Waals surface area contributed by atoms with E-state index in [4.69, 9.17) is 5.11 Å². The number of aliphatic hydroxyl groups excluding tert-OH is 1. The summed E-state index contributed by atoms with van der Waals surface area (Å²) in [5.41, 5.74) is 1.94. The van der Waals surface area contributed by atoms with Crippen molar-refractivity contribution in [3.63, 3.8) is 0 Å². The highest BCUT2D eigenvalue weighted by Gasteiger charge is 2.36. The fourth-order valence-electron chi connectivity index (χ4n) is 2.33. The van der Waals surface area contributed by atoms with Gasteiger partial charge in [0.15, 0.2) is 0 Å². The van der Waals surface area contributed by atoms with Gasteiger partial charge in [0.2, 0.25) is 0 Å². The minimum atomic E-state index is -1.03. The maximum absolute atomic E-state index is 11.5. The molecular weight excluding hydrogens is 240 g/mol. The first-order valence-corrected chi connectivity index (χ1v) is 6.59. The molecule has 0 spiro atoms. The predicted molar refractivity (Wildman–Crippen MR) is 76.6 cm³/mol. The molecule has 1 aromatic carbocycles. The molecule has 0 fully saturated rings. The highest BCUT2D eigenvalue weighted by molar-refractivity contribution is 5.81. The summed E-state index contributed by atoms with van der Waals surface area (Å²) < 4.78 is 0. The largest absolute Gasteiger partial charge is 0.481 e. The summed E-state index contributed by atoms with van der Waals surface area (Å²) in [7, 11) is 0. The van der Waals surface area contributed by atoms with E-state index in [1.165, 1.54) is 5.56 Å². The smallest absolute Gasteiger partial charge is 0.313 e. The molecule has 19 heavy (non-hydrogen) atoms. The van der Waals surface area contributed by atoms with Crippen LogP contribution in [-0.2, 0) is 15.6 Å². The van der Waals surface area contributed by atoms with Crippen LogP contribution in [0.4, 0.5) is 0 Å². The van der Waals surface area contributed by atoms with Crippen LogP contribution in [0, 0.1) is 6.92 Å². The normalized spacial score (nSPS) is 15.1. The fourth-order valence-corrected chi connectivity index (χ4v) is 2.33. The second-order valence-corrected chi connectivity index (χ2v) is 6.39. The second-order valence-electron chi connectivity index (χ2n) is 6.39. The Hall–Kier alpha value is -1.35. The molecule has 1 aromatic rings. The summed E-state index contributed by atoms with van der Waals surface area (Å²) >= 11 is 0. The van der Waals surface area contributed by atoms with Gasteiger partial charge in [-0.1, -0.05) is 39.0 Å². The first-order chi connectivity index (χ1) is 8.63. The van der Waals surface area contributed by atoms with Crippen LogP contribution in [0.2, 0.25) is 0 Å². The number of carboxylic acid groups (broad SMARTS) is 1. The van der Waals surface area contributed by atoms with Gasteiger partial charge in [0.1, 0.15) is 0 Å². The number of carboxylic acids is 1. The Bertz CT molecular complexity index is 471. The Balaban J connectivity index is 3.32. The molecule has 0 bridgehead atoms. The minimum absolute atomic E-state index is 0.0416. The quantitative estimate of drug-likeness (QED) is 0.879. The van der Waals surface area contributed by atoms with Crippen molar-refractivity contribution in [2.24, 2.45) is 0 Å². The minimum Gasteiger partial charge on any atom is -0.481 e. The van der Waals surface area contributed by atoms with Gasteiger partial charge in [0, 0.05) is 6.61 Å². The van der Waals surface area contributed by atoms with E-state index in [1.54, 1.807) is 6.92 Å². The van der Waals surface area contributed by atoms with Gasteiger partial charge < -0.3 is 10.2 Å². The third-order valence-corrected chi connectivity index (χ3v) is 3.77. The zero-order valence-corrected chi connectivity index (χ0v) is 12.4. The summed E-state index contributed by atoms with van der Waals surface area (Å²) in [4.78, 5) is 11.5. The molecule has 1 unspecified atom stereocenters. The topological polar surface area (TPSA) is 57.5 Å². The molecule has 0 amide bonds. The molecule has 0 aliphatic carbocycles. The summed E-state index contributed by atoms with van der Waals surface area (Å²) in [6.45, 7) is 9.86. The monoisotopic (exact) mass is 264 g/mol. The van der Waals surface area contributed by atoms with E-state index in [9.17, 15) is 9.90 Å². The molecule has 0 aliphatic rings. The maximum Gasteiger partial charge on any atom is 0.313 e. The summed E-state index contributed by atoms with van der Waals surface area (Å²) in [6, 6.07) is 5.93. The molecule has 2 N–H and O–H groups in total. The molecule has 106 valence electrons. The van der Waals surface area contributed by atoms with Gasteiger partial charge in [-0.05, 0) is 42.4 Å². The molecule has 0 saturated heterocycles. The number of aryl methyl sites for hydroxylation is 1. The predicted octanol–water partition coefficient (Wildman–Crippen LogP) is 3.02. The third-order valence-electron chi connectivity index (χ3n) is 3.77. The number of benzene rings is 1. The Morgan fingerprint density at radius 2 is 1.79 bits per heavy atom. The molecule has 0 aliphatic heterocycles. The maximum atomic E-state index is 11.5. The van der Waals surface area contributed by atoms with Crippen molar-refractivity contribution < 1.29 is 15.0 Å². The van der Waals surface area contributed by atoms with Crippen LogP contribution in [0.5, 0.6) is 0 Å². The highest BCUT2D eigenvalue weighted by Crippen LogP contribution is 2.33. The van der Waals surface area contributed by atoms with Crippen molar-refractivity contribution in [3.05, 3.63) is 34.9 Å². The second kappa shape index (κ2) is 5.33. The average molecular weight is 264 g/mol. The van der Waals surface area contributed by atoms with Crippen LogP contribution in [0.15, 0.2) is 18.2 Å².